The predicted molar refractivity (Wildman–Crippen MR) is 114 cm³/mol. The minimum absolute atomic E-state index is 0.0558. The van der Waals surface area contributed by atoms with Crippen LogP contribution in [-0.4, -0.2) is 25.0 Å². The Hall–Kier alpha value is -3.48. The van der Waals surface area contributed by atoms with Crippen molar-refractivity contribution in [3.63, 3.8) is 0 Å². The lowest BCUT2D eigenvalue weighted by Gasteiger charge is -2.08. The second kappa shape index (κ2) is 7.16. The van der Waals surface area contributed by atoms with Crippen LogP contribution in [0.1, 0.15) is 23.4 Å². The van der Waals surface area contributed by atoms with Gasteiger partial charge in [-0.2, -0.15) is 0 Å². The molecule has 2 heterocycles. The Kier molecular flexibility index (Phi) is 4.66. The molecule has 4 aromatic rings. The normalized spacial score (nSPS) is 11.3. The molecular formula is C22H23N5O2. The van der Waals surface area contributed by atoms with Gasteiger partial charge in [-0.05, 0) is 56.2 Å². The van der Waals surface area contributed by atoms with Crippen LogP contribution >= 0.6 is 0 Å². The number of aryl methyl sites for hydroxylation is 5. The first-order valence-corrected chi connectivity index (χ1v) is 9.52. The number of fused-ring (bicyclic) bond motifs is 2. The zero-order chi connectivity index (χ0) is 20.7. The fourth-order valence-corrected chi connectivity index (χ4v) is 3.50. The van der Waals surface area contributed by atoms with E-state index in [1.54, 1.807) is 23.2 Å². The Morgan fingerprint density at radius 2 is 1.62 bits per heavy atom. The van der Waals surface area contributed by atoms with E-state index in [4.69, 9.17) is 0 Å². The molecule has 7 heteroatoms. The summed E-state index contributed by atoms with van der Waals surface area (Å²) in [5.41, 5.74) is 6.79. The Labute approximate surface area is 168 Å². The van der Waals surface area contributed by atoms with Gasteiger partial charge < -0.3 is 5.32 Å². The molecule has 0 saturated carbocycles. The molecule has 1 amide bonds. The van der Waals surface area contributed by atoms with Gasteiger partial charge >= 0.3 is 5.69 Å². The average molecular weight is 389 g/mol. The number of nitrogens with one attached hydrogen (secondary N) is 1. The summed E-state index contributed by atoms with van der Waals surface area (Å²) in [4.78, 5) is 33.5. The van der Waals surface area contributed by atoms with Crippen molar-refractivity contribution in [1.29, 1.82) is 0 Å². The number of anilines is 1. The summed E-state index contributed by atoms with van der Waals surface area (Å²) >= 11 is 0. The summed E-state index contributed by atoms with van der Waals surface area (Å²) in [6.07, 6.45) is 0.944. The van der Waals surface area contributed by atoms with E-state index in [1.165, 1.54) is 0 Å². The zero-order valence-corrected chi connectivity index (χ0v) is 17.0. The number of amides is 1. The van der Waals surface area contributed by atoms with Crippen molar-refractivity contribution in [2.24, 2.45) is 14.1 Å². The number of nitrogens with zero attached hydrogens (tertiary/aromatic N) is 4. The lowest BCUT2D eigenvalue weighted by Crippen LogP contribution is -2.19. The largest absolute Gasteiger partial charge is 0.328 e. The summed E-state index contributed by atoms with van der Waals surface area (Å²) < 4.78 is 3.25. The number of hydrogen-bond donors (Lipinski definition) is 1. The standard InChI is InChI=1S/C22H23N5O2/c1-13-14(2)24-18-12-16(7-8-17(18)23-13)25-21(28)10-6-15-5-9-19-20(11-15)27(4)22(29)26(19)3/h5,7-9,11-12H,6,10H2,1-4H3,(H,25,28). The number of rotatable bonds is 4. The van der Waals surface area contributed by atoms with Gasteiger partial charge in [0.05, 0.1) is 33.5 Å². The highest BCUT2D eigenvalue weighted by atomic mass is 16.2. The zero-order valence-electron chi connectivity index (χ0n) is 17.0. The van der Waals surface area contributed by atoms with E-state index in [1.807, 2.05) is 50.2 Å². The highest BCUT2D eigenvalue weighted by molar-refractivity contribution is 5.93. The quantitative estimate of drug-likeness (QED) is 0.582. The molecule has 0 aliphatic carbocycles. The van der Waals surface area contributed by atoms with Gasteiger partial charge in [0, 0.05) is 26.2 Å². The Morgan fingerprint density at radius 3 is 2.38 bits per heavy atom. The Balaban J connectivity index is 1.47. The van der Waals surface area contributed by atoms with Crippen molar-refractivity contribution in [3.8, 4) is 0 Å². The van der Waals surface area contributed by atoms with Crippen molar-refractivity contribution in [2.45, 2.75) is 26.7 Å². The third-order valence-electron chi connectivity index (χ3n) is 5.34. The fourth-order valence-electron chi connectivity index (χ4n) is 3.50. The number of carbonyl (C=O) groups is 1. The molecule has 0 spiro atoms. The van der Waals surface area contributed by atoms with Gasteiger partial charge in [0.15, 0.2) is 0 Å². The summed E-state index contributed by atoms with van der Waals surface area (Å²) in [6, 6.07) is 11.4. The van der Waals surface area contributed by atoms with Crippen LogP contribution in [0.15, 0.2) is 41.2 Å². The van der Waals surface area contributed by atoms with Crippen molar-refractivity contribution in [1.82, 2.24) is 19.1 Å². The molecule has 0 radical (unpaired) electrons. The highest BCUT2D eigenvalue weighted by Crippen LogP contribution is 2.19. The van der Waals surface area contributed by atoms with Gasteiger partial charge in [-0.1, -0.05) is 6.07 Å². The van der Waals surface area contributed by atoms with Crippen LogP contribution in [0.5, 0.6) is 0 Å². The molecule has 0 atom stereocenters. The van der Waals surface area contributed by atoms with E-state index >= 15 is 0 Å². The summed E-state index contributed by atoms with van der Waals surface area (Å²) in [5.74, 6) is -0.0665. The van der Waals surface area contributed by atoms with Crippen LogP contribution in [0.2, 0.25) is 0 Å². The van der Waals surface area contributed by atoms with Crippen LogP contribution in [-0.2, 0) is 25.3 Å². The number of aromatic nitrogens is 4. The van der Waals surface area contributed by atoms with E-state index in [0.717, 1.165) is 39.0 Å². The first kappa shape index (κ1) is 18.9. The molecule has 2 aromatic carbocycles. The van der Waals surface area contributed by atoms with Gasteiger partial charge in [0.25, 0.3) is 0 Å². The minimum atomic E-state index is -0.0665. The van der Waals surface area contributed by atoms with Crippen molar-refractivity contribution in [3.05, 3.63) is 63.8 Å². The molecule has 0 saturated heterocycles. The molecule has 148 valence electrons. The predicted octanol–water partition coefficient (Wildman–Crippen LogP) is 3.01. The molecule has 0 bridgehead atoms. The molecule has 29 heavy (non-hydrogen) atoms. The summed E-state index contributed by atoms with van der Waals surface area (Å²) in [7, 11) is 3.52. The van der Waals surface area contributed by atoms with Crippen LogP contribution in [0.4, 0.5) is 5.69 Å². The van der Waals surface area contributed by atoms with E-state index in [-0.39, 0.29) is 11.6 Å². The monoisotopic (exact) mass is 389 g/mol. The van der Waals surface area contributed by atoms with Gasteiger partial charge in [-0.15, -0.1) is 0 Å². The smallest absolute Gasteiger partial charge is 0.326 e. The van der Waals surface area contributed by atoms with Gasteiger partial charge in [-0.3, -0.25) is 13.9 Å². The molecular weight excluding hydrogens is 366 g/mol. The molecule has 4 rings (SSSR count). The van der Waals surface area contributed by atoms with E-state index in [9.17, 15) is 9.59 Å². The SMILES string of the molecule is Cc1nc2ccc(NC(=O)CCc3ccc4c(c3)n(C)c(=O)n4C)cc2nc1C. The maximum absolute atomic E-state index is 12.4. The fraction of sp³-hybridized carbons (Fsp3) is 0.273. The third kappa shape index (κ3) is 3.51. The van der Waals surface area contributed by atoms with Crippen LogP contribution < -0.4 is 11.0 Å². The Morgan fingerprint density at radius 1 is 0.931 bits per heavy atom. The summed E-state index contributed by atoms with van der Waals surface area (Å²) in [5, 5.41) is 2.93. The maximum atomic E-state index is 12.4. The number of carbonyl (C=O) groups excluding carboxylic acids is 1. The molecule has 1 N–H and O–H groups in total. The molecule has 7 nitrogen and oxygen atoms in total. The molecule has 0 fully saturated rings. The first-order chi connectivity index (χ1) is 13.8. The lowest BCUT2D eigenvalue weighted by atomic mass is 10.1. The van der Waals surface area contributed by atoms with E-state index in [2.05, 4.69) is 15.3 Å². The highest BCUT2D eigenvalue weighted by Gasteiger charge is 2.10. The molecule has 0 aliphatic rings. The third-order valence-corrected chi connectivity index (χ3v) is 5.34. The number of hydrogen-bond acceptors (Lipinski definition) is 4. The molecule has 0 aliphatic heterocycles. The van der Waals surface area contributed by atoms with E-state index < -0.39 is 0 Å². The maximum Gasteiger partial charge on any atom is 0.328 e. The van der Waals surface area contributed by atoms with Gasteiger partial charge in [0.2, 0.25) is 5.91 Å². The summed E-state index contributed by atoms with van der Waals surface area (Å²) in [6.45, 7) is 3.86. The van der Waals surface area contributed by atoms with Gasteiger partial charge in [-0.25, -0.2) is 14.8 Å². The molecule has 2 aromatic heterocycles. The minimum Gasteiger partial charge on any atom is -0.326 e. The van der Waals surface area contributed by atoms with Crippen LogP contribution in [0.3, 0.4) is 0 Å². The van der Waals surface area contributed by atoms with Crippen LogP contribution in [0, 0.1) is 13.8 Å². The van der Waals surface area contributed by atoms with Crippen molar-refractivity contribution < 1.29 is 4.79 Å². The average Bonchev–Trinajstić information content (AvgIpc) is 2.91. The Bertz CT molecular complexity index is 1320. The molecule has 0 unspecified atom stereocenters. The van der Waals surface area contributed by atoms with Gasteiger partial charge in [0.1, 0.15) is 0 Å². The lowest BCUT2D eigenvalue weighted by molar-refractivity contribution is -0.116. The second-order valence-corrected chi connectivity index (χ2v) is 7.37. The topological polar surface area (TPSA) is 81.8 Å². The first-order valence-electron chi connectivity index (χ1n) is 9.52. The number of imidazole rings is 1. The van der Waals surface area contributed by atoms with E-state index in [0.29, 0.717) is 18.5 Å². The van der Waals surface area contributed by atoms with Crippen LogP contribution in [0.25, 0.3) is 22.1 Å². The van der Waals surface area contributed by atoms with Crippen molar-refractivity contribution in [2.75, 3.05) is 5.32 Å². The second-order valence-electron chi connectivity index (χ2n) is 7.37. The number of benzene rings is 2. The van der Waals surface area contributed by atoms with Crippen molar-refractivity contribution >= 4 is 33.7 Å².